The van der Waals surface area contributed by atoms with Gasteiger partial charge in [0.1, 0.15) is 17.5 Å². The molecule has 106 valence electrons. The molecule has 0 amide bonds. The summed E-state index contributed by atoms with van der Waals surface area (Å²) in [6.07, 6.45) is 0. The van der Waals surface area contributed by atoms with Gasteiger partial charge in [0.05, 0.1) is 0 Å². The van der Waals surface area contributed by atoms with Crippen LogP contribution in [0.15, 0.2) is 36.4 Å². The van der Waals surface area contributed by atoms with Crippen molar-refractivity contribution in [3.05, 3.63) is 47.8 Å². The molecule has 4 nitrogen and oxygen atoms in total. The van der Waals surface area contributed by atoms with Gasteiger partial charge in [-0.25, -0.2) is 9.97 Å². The minimum Gasteiger partial charge on any atom is -0.373 e. The lowest BCUT2D eigenvalue weighted by Gasteiger charge is -2.19. The van der Waals surface area contributed by atoms with E-state index in [1.165, 1.54) is 5.56 Å². The first kappa shape index (κ1) is 14.3. The molecule has 0 radical (unpaired) electrons. The van der Waals surface area contributed by atoms with E-state index in [1.807, 2.05) is 31.3 Å². The molecule has 2 aromatic rings. The Morgan fingerprint density at radius 3 is 2.25 bits per heavy atom. The quantitative estimate of drug-likeness (QED) is 0.893. The number of hydrogen-bond acceptors (Lipinski definition) is 4. The zero-order valence-corrected chi connectivity index (χ0v) is 12.6. The van der Waals surface area contributed by atoms with Gasteiger partial charge in [0.15, 0.2) is 0 Å². The molecule has 1 heterocycles. The van der Waals surface area contributed by atoms with Gasteiger partial charge in [0, 0.05) is 25.1 Å². The molecule has 0 spiro atoms. The summed E-state index contributed by atoms with van der Waals surface area (Å²) in [7, 11) is 1.87. The van der Waals surface area contributed by atoms with Gasteiger partial charge in [0.25, 0.3) is 0 Å². The summed E-state index contributed by atoms with van der Waals surface area (Å²) in [5.74, 6) is 2.51. The average molecular weight is 270 g/mol. The van der Waals surface area contributed by atoms with Crippen LogP contribution in [-0.4, -0.2) is 17.0 Å². The van der Waals surface area contributed by atoms with Crippen LogP contribution in [0.25, 0.3) is 0 Å². The van der Waals surface area contributed by atoms with E-state index in [0.29, 0.717) is 0 Å². The van der Waals surface area contributed by atoms with E-state index in [9.17, 15) is 0 Å². The van der Waals surface area contributed by atoms with E-state index in [2.05, 4.69) is 53.5 Å². The van der Waals surface area contributed by atoms with Crippen molar-refractivity contribution in [2.45, 2.75) is 32.7 Å². The van der Waals surface area contributed by atoms with Crippen LogP contribution in [0.5, 0.6) is 0 Å². The molecule has 2 rings (SSSR count). The summed E-state index contributed by atoms with van der Waals surface area (Å²) in [5, 5.41) is 6.44. The third kappa shape index (κ3) is 3.70. The van der Waals surface area contributed by atoms with E-state index in [-0.39, 0.29) is 5.41 Å². The highest BCUT2D eigenvalue weighted by Gasteiger charge is 2.18. The molecule has 0 aliphatic rings. The van der Waals surface area contributed by atoms with Gasteiger partial charge in [0.2, 0.25) is 0 Å². The van der Waals surface area contributed by atoms with E-state index in [4.69, 9.17) is 0 Å². The van der Waals surface area contributed by atoms with Gasteiger partial charge < -0.3 is 10.6 Å². The van der Waals surface area contributed by atoms with Crippen LogP contribution >= 0.6 is 0 Å². The molecule has 1 aromatic carbocycles. The molecule has 4 heteroatoms. The van der Waals surface area contributed by atoms with Crippen molar-refractivity contribution in [2.75, 3.05) is 17.7 Å². The zero-order valence-electron chi connectivity index (χ0n) is 12.6. The maximum absolute atomic E-state index is 4.61. The highest BCUT2D eigenvalue weighted by Crippen LogP contribution is 2.22. The van der Waals surface area contributed by atoms with E-state index in [0.717, 1.165) is 24.0 Å². The van der Waals surface area contributed by atoms with Crippen molar-refractivity contribution in [3.63, 3.8) is 0 Å². The second-order valence-electron chi connectivity index (χ2n) is 5.80. The molecule has 20 heavy (non-hydrogen) atoms. The maximum atomic E-state index is 4.61. The molecular formula is C16H22N4. The van der Waals surface area contributed by atoms with Crippen LogP contribution in [0.2, 0.25) is 0 Å². The van der Waals surface area contributed by atoms with Crippen LogP contribution in [0.4, 0.5) is 11.6 Å². The summed E-state index contributed by atoms with van der Waals surface area (Å²) in [5.41, 5.74) is 1.16. The predicted molar refractivity (Wildman–Crippen MR) is 84.0 cm³/mol. The fourth-order valence-electron chi connectivity index (χ4n) is 1.79. The molecule has 0 saturated heterocycles. The number of nitrogens with zero attached hydrogens (tertiary/aromatic N) is 2. The van der Waals surface area contributed by atoms with Crippen molar-refractivity contribution < 1.29 is 0 Å². The first-order valence-corrected chi connectivity index (χ1v) is 6.84. The highest BCUT2D eigenvalue weighted by molar-refractivity contribution is 5.48. The zero-order chi connectivity index (χ0) is 14.6. The summed E-state index contributed by atoms with van der Waals surface area (Å²) >= 11 is 0. The second-order valence-corrected chi connectivity index (χ2v) is 5.80. The van der Waals surface area contributed by atoms with Gasteiger partial charge in [-0.05, 0) is 5.56 Å². The Balaban J connectivity index is 2.19. The van der Waals surface area contributed by atoms with Crippen LogP contribution in [0.3, 0.4) is 0 Å². The molecule has 0 unspecified atom stereocenters. The van der Waals surface area contributed by atoms with Crippen molar-refractivity contribution >= 4 is 11.6 Å². The lowest BCUT2D eigenvalue weighted by molar-refractivity contribution is 0.546. The Bertz CT molecular complexity index is 558. The summed E-state index contributed by atoms with van der Waals surface area (Å²) < 4.78 is 0. The number of nitrogens with one attached hydrogen (secondary N) is 2. The molecular weight excluding hydrogens is 248 g/mol. The van der Waals surface area contributed by atoms with Gasteiger partial charge in [-0.15, -0.1) is 0 Å². The maximum Gasteiger partial charge on any atom is 0.138 e. The van der Waals surface area contributed by atoms with Gasteiger partial charge in [-0.1, -0.05) is 51.1 Å². The molecule has 2 N–H and O–H groups in total. The normalized spacial score (nSPS) is 11.2. The summed E-state index contributed by atoms with van der Waals surface area (Å²) in [4.78, 5) is 9.12. The number of rotatable bonds is 4. The fraction of sp³-hybridized carbons (Fsp3) is 0.375. The smallest absolute Gasteiger partial charge is 0.138 e. The van der Waals surface area contributed by atoms with Crippen LogP contribution in [0, 0.1) is 0 Å². The minimum atomic E-state index is -0.0734. The highest BCUT2D eigenvalue weighted by atomic mass is 15.1. The van der Waals surface area contributed by atoms with E-state index in [1.54, 1.807) is 0 Å². The molecule has 0 aliphatic carbocycles. The van der Waals surface area contributed by atoms with Gasteiger partial charge in [-0.3, -0.25) is 0 Å². The SMILES string of the molecule is CNc1cc(NCc2ccccc2)nc(C(C)(C)C)n1. The van der Waals surface area contributed by atoms with Crippen molar-refractivity contribution in [3.8, 4) is 0 Å². The van der Waals surface area contributed by atoms with Crippen molar-refractivity contribution in [1.82, 2.24) is 9.97 Å². The van der Waals surface area contributed by atoms with Gasteiger partial charge >= 0.3 is 0 Å². The Morgan fingerprint density at radius 1 is 1.00 bits per heavy atom. The number of aromatic nitrogens is 2. The molecule has 0 aliphatic heterocycles. The second kappa shape index (κ2) is 5.90. The largest absolute Gasteiger partial charge is 0.373 e. The molecule has 0 bridgehead atoms. The third-order valence-electron chi connectivity index (χ3n) is 2.97. The van der Waals surface area contributed by atoms with E-state index >= 15 is 0 Å². The lowest BCUT2D eigenvalue weighted by Crippen LogP contribution is -2.18. The Kier molecular flexibility index (Phi) is 4.23. The molecule has 0 atom stereocenters. The number of hydrogen-bond donors (Lipinski definition) is 2. The Labute approximate surface area is 120 Å². The van der Waals surface area contributed by atoms with E-state index < -0.39 is 0 Å². The van der Waals surface area contributed by atoms with Crippen molar-refractivity contribution in [1.29, 1.82) is 0 Å². The first-order chi connectivity index (χ1) is 9.49. The van der Waals surface area contributed by atoms with Gasteiger partial charge in [-0.2, -0.15) is 0 Å². The first-order valence-electron chi connectivity index (χ1n) is 6.84. The summed E-state index contributed by atoms with van der Waals surface area (Å²) in [6, 6.07) is 12.2. The third-order valence-corrected chi connectivity index (χ3v) is 2.97. The van der Waals surface area contributed by atoms with Crippen LogP contribution in [0.1, 0.15) is 32.2 Å². The lowest BCUT2D eigenvalue weighted by atomic mass is 9.96. The van der Waals surface area contributed by atoms with Crippen molar-refractivity contribution in [2.24, 2.45) is 0 Å². The summed E-state index contributed by atoms with van der Waals surface area (Å²) in [6.45, 7) is 7.10. The number of benzene rings is 1. The fourth-order valence-corrected chi connectivity index (χ4v) is 1.79. The standard InChI is InChI=1S/C16H22N4/c1-16(2,3)15-19-13(17-4)10-14(20-15)18-11-12-8-6-5-7-9-12/h5-10H,11H2,1-4H3,(H2,17,18,19,20). The Morgan fingerprint density at radius 2 is 1.65 bits per heavy atom. The molecule has 1 aromatic heterocycles. The van der Waals surface area contributed by atoms with Crippen LogP contribution < -0.4 is 10.6 Å². The Hall–Kier alpha value is -2.10. The molecule has 0 saturated carbocycles. The average Bonchev–Trinajstić information content (AvgIpc) is 2.45. The number of anilines is 2. The monoisotopic (exact) mass is 270 g/mol. The minimum absolute atomic E-state index is 0.0734. The predicted octanol–water partition coefficient (Wildman–Crippen LogP) is 3.43. The topological polar surface area (TPSA) is 49.8 Å². The van der Waals surface area contributed by atoms with Crippen LogP contribution in [-0.2, 0) is 12.0 Å². The molecule has 0 fully saturated rings.